The highest BCUT2D eigenvalue weighted by molar-refractivity contribution is 6.30. The molecule has 0 bridgehead atoms. The second-order valence-electron chi connectivity index (χ2n) is 4.76. The van der Waals surface area contributed by atoms with Gasteiger partial charge in [-0.1, -0.05) is 55.8 Å². The fourth-order valence-electron chi connectivity index (χ4n) is 2.34. The van der Waals surface area contributed by atoms with E-state index in [2.05, 4.69) is 24.4 Å². The van der Waals surface area contributed by atoms with Gasteiger partial charge in [-0.3, -0.25) is 0 Å². The van der Waals surface area contributed by atoms with Gasteiger partial charge < -0.3 is 5.32 Å². The molecule has 0 saturated carbocycles. The van der Waals surface area contributed by atoms with Crippen molar-refractivity contribution in [3.05, 3.63) is 70.0 Å². The Morgan fingerprint density at radius 3 is 2.60 bits per heavy atom. The molecule has 0 fully saturated rings. The predicted octanol–water partition coefficient (Wildman–Crippen LogP) is 4.74. The van der Waals surface area contributed by atoms with Gasteiger partial charge in [0.2, 0.25) is 0 Å². The summed E-state index contributed by atoms with van der Waals surface area (Å²) in [5, 5.41) is 3.76. The van der Waals surface area contributed by atoms with Crippen LogP contribution < -0.4 is 5.32 Å². The smallest absolute Gasteiger partial charge is 0.129 e. The first kappa shape index (κ1) is 15.0. The molecule has 2 aromatic rings. The van der Waals surface area contributed by atoms with E-state index >= 15 is 0 Å². The molecule has 0 aliphatic heterocycles. The molecule has 0 radical (unpaired) electrons. The first-order valence-corrected chi connectivity index (χ1v) is 7.30. The maximum absolute atomic E-state index is 14.2. The van der Waals surface area contributed by atoms with Crippen molar-refractivity contribution < 1.29 is 4.39 Å². The molecule has 0 spiro atoms. The van der Waals surface area contributed by atoms with E-state index in [1.165, 1.54) is 11.6 Å². The van der Waals surface area contributed by atoms with Crippen LogP contribution in [0.15, 0.2) is 42.5 Å². The van der Waals surface area contributed by atoms with Gasteiger partial charge in [0, 0.05) is 10.6 Å². The average Bonchev–Trinajstić information content (AvgIpc) is 2.45. The van der Waals surface area contributed by atoms with Crippen molar-refractivity contribution in [2.24, 2.45) is 0 Å². The van der Waals surface area contributed by atoms with Crippen molar-refractivity contribution in [1.82, 2.24) is 5.32 Å². The maximum Gasteiger partial charge on any atom is 0.129 e. The van der Waals surface area contributed by atoms with E-state index < -0.39 is 0 Å². The third kappa shape index (κ3) is 3.38. The van der Waals surface area contributed by atoms with E-state index in [0.29, 0.717) is 10.6 Å². The molecular formula is C17H19ClFN. The Morgan fingerprint density at radius 2 is 1.95 bits per heavy atom. The third-order valence-corrected chi connectivity index (χ3v) is 3.61. The van der Waals surface area contributed by atoms with Crippen molar-refractivity contribution in [1.29, 1.82) is 0 Å². The summed E-state index contributed by atoms with van der Waals surface area (Å²) in [7, 11) is 0. The molecule has 1 N–H and O–H groups in total. The number of halogens is 2. The van der Waals surface area contributed by atoms with Crippen molar-refractivity contribution in [2.45, 2.75) is 26.3 Å². The van der Waals surface area contributed by atoms with E-state index in [9.17, 15) is 4.39 Å². The molecule has 2 aromatic carbocycles. The number of hydrogen-bond donors (Lipinski definition) is 1. The zero-order valence-electron chi connectivity index (χ0n) is 11.8. The van der Waals surface area contributed by atoms with Crippen molar-refractivity contribution >= 4 is 11.6 Å². The fraction of sp³-hybridized carbons (Fsp3) is 0.294. The molecule has 1 atom stereocenters. The fourth-order valence-corrected chi connectivity index (χ4v) is 2.50. The summed E-state index contributed by atoms with van der Waals surface area (Å²) in [6.45, 7) is 4.90. The van der Waals surface area contributed by atoms with Gasteiger partial charge in [0.15, 0.2) is 0 Å². The van der Waals surface area contributed by atoms with Crippen LogP contribution in [0.1, 0.15) is 36.6 Å². The van der Waals surface area contributed by atoms with Crippen LogP contribution >= 0.6 is 11.6 Å². The summed E-state index contributed by atoms with van der Waals surface area (Å²) < 4.78 is 14.2. The summed E-state index contributed by atoms with van der Waals surface area (Å²) in [6.07, 6.45) is 0.968. The number of benzene rings is 2. The van der Waals surface area contributed by atoms with E-state index in [1.807, 2.05) is 19.1 Å². The van der Waals surface area contributed by atoms with Crippen LogP contribution in [0.3, 0.4) is 0 Å². The standard InChI is InChI=1S/C17H19ClFN/c1-3-12-6-5-7-13(10-12)17(20-4-2)15-9-8-14(18)11-16(15)19/h5-11,17,20H,3-4H2,1-2H3. The molecular weight excluding hydrogens is 273 g/mol. The minimum Gasteiger partial charge on any atom is -0.306 e. The zero-order chi connectivity index (χ0) is 14.5. The molecule has 1 unspecified atom stereocenters. The monoisotopic (exact) mass is 291 g/mol. The Morgan fingerprint density at radius 1 is 1.15 bits per heavy atom. The SMILES string of the molecule is CCNC(c1cccc(CC)c1)c1ccc(Cl)cc1F. The van der Waals surface area contributed by atoms with E-state index in [0.717, 1.165) is 18.5 Å². The number of hydrogen-bond acceptors (Lipinski definition) is 1. The van der Waals surface area contributed by atoms with Gasteiger partial charge >= 0.3 is 0 Å². The molecule has 0 aromatic heterocycles. The summed E-state index contributed by atoms with van der Waals surface area (Å²) >= 11 is 5.83. The minimum absolute atomic E-state index is 0.149. The Hall–Kier alpha value is -1.38. The van der Waals surface area contributed by atoms with E-state index in [-0.39, 0.29) is 11.9 Å². The molecule has 20 heavy (non-hydrogen) atoms. The summed E-state index contributed by atoms with van der Waals surface area (Å²) in [6, 6.07) is 13.0. The van der Waals surface area contributed by atoms with Gasteiger partial charge in [0.05, 0.1) is 6.04 Å². The van der Waals surface area contributed by atoms with Gasteiger partial charge in [-0.15, -0.1) is 0 Å². The summed E-state index contributed by atoms with van der Waals surface area (Å²) in [4.78, 5) is 0. The highest BCUT2D eigenvalue weighted by Gasteiger charge is 2.17. The number of rotatable bonds is 5. The zero-order valence-corrected chi connectivity index (χ0v) is 12.5. The molecule has 0 aliphatic rings. The van der Waals surface area contributed by atoms with Crippen molar-refractivity contribution in [3.8, 4) is 0 Å². The Kier molecular flexibility index (Phi) is 5.16. The average molecular weight is 292 g/mol. The molecule has 106 valence electrons. The van der Waals surface area contributed by atoms with Crippen LogP contribution in [0.2, 0.25) is 5.02 Å². The lowest BCUT2D eigenvalue weighted by Gasteiger charge is -2.20. The lowest BCUT2D eigenvalue weighted by atomic mass is 9.96. The first-order chi connectivity index (χ1) is 9.65. The van der Waals surface area contributed by atoms with Gasteiger partial charge in [-0.2, -0.15) is 0 Å². The Labute approximate surface area is 124 Å². The second-order valence-corrected chi connectivity index (χ2v) is 5.19. The molecule has 1 nitrogen and oxygen atoms in total. The van der Waals surface area contributed by atoms with Gasteiger partial charge in [-0.25, -0.2) is 4.39 Å². The number of nitrogens with one attached hydrogen (secondary N) is 1. The van der Waals surface area contributed by atoms with Gasteiger partial charge in [-0.05, 0) is 36.2 Å². The summed E-state index contributed by atoms with van der Waals surface area (Å²) in [5.41, 5.74) is 2.96. The van der Waals surface area contributed by atoms with E-state index in [4.69, 9.17) is 11.6 Å². The van der Waals surface area contributed by atoms with Crippen LogP contribution in [0.5, 0.6) is 0 Å². The largest absolute Gasteiger partial charge is 0.306 e. The van der Waals surface area contributed by atoms with Crippen LogP contribution in [0, 0.1) is 5.82 Å². The molecule has 3 heteroatoms. The maximum atomic E-state index is 14.2. The first-order valence-electron chi connectivity index (χ1n) is 6.92. The van der Waals surface area contributed by atoms with Gasteiger partial charge in [0.1, 0.15) is 5.82 Å². The van der Waals surface area contributed by atoms with E-state index in [1.54, 1.807) is 12.1 Å². The molecule has 0 heterocycles. The highest BCUT2D eigenvalue weighted by atomic mass is 35.5. The lowest BCUT2D eigenvalue weighted by molar-refractivity contribution is 0.559. The van der Waals surface area contributed by atoms with Crippen molar-refractivity contribution in [3.63, 3.8) is 0 Å². The minimum atomic E-state index is -0.273. The normalized spacial score (nSPS) is 12.4. The molecule has 0 aliphatic carbocycles. The predicted molar refractivity (Wildman–Crippen MR) is 82.7 cm³/mol. The van der Waals surface area contributed by atoms with Crippen LogP contribution in [-0.4, -0.2) is 6.54 Å². The molecule has 2 rings (SSSR count). The number of aryl methyl sites for hydroxylation is 1. The second kappa shape index (κ2) is 6.87. The quantitative estimate of drug-likeness (QED) is 0.839. The topological polar surface area (TPSA) is 12.0 Å². The Balaban J connectivity index is 2.44. The Bertz CT molecular complexity index is 583. The lowest BCUT2D eigenvalue weighted by Crippen LogP contribution is -2.23. The third-order valence-electron chi connectivity index (χ3n) is 3.37. The molecule has 0 saturated heterocycles. The molecule has 0 amide bonds. The van der Waals surface area contributed by atoms with Crippen LogP contribution in [-0.2, 0) is 6.42 Å². The van der Waals surface area contributed by atoms with Crippen molar-refractivity contribution in [2.75, 3.05) is 6.54 Å². The highest BCUT2D eigenvalue weighted by Crippen LogP contribution is 2.27. The van der Waals surface area contributed by atoms with Gasteiger partial charge in [0.25, 0.3) is 0 Å². The van der Waals surface area contributed by atoms with Crippen LogP contribution in [0.4, 0.5) is 4.39 Å². The van der Waals surface area contributed by atoms with Crippen LogP contribution in [0.25, 0.3) is 0 Å². The summed E-state index contributed by atoms with van der Waals surface area (Å²) in [5.74, 6) is -0.273.